The number of carboxylic acids is 1. The van der Waals surface area contributed by atoms with Crippen molar-refractivity contribution in [3.63, 3.8) is 0 Å². The molecular weight excluding hydrogens is 239 g/mol. The average molecular weight is 249 g/mol. The average Bonchev–Trinajstić information content (AvgIpc) is 2.09. The first-order valence-electron chi connectivity index (χ1n) is 4.09. The van der Waals surface area contributed by atoms with Gasteiger partial charge in [-0.15, -0.1) is 0 Å². The van der Waals surface area contributed by atoms with Gasteiger partial charge in [0, 0.05) is 7.05 Å². The second-order valence-corrected chi connectivity index (χ2v) is 3.89. The number of anilines is 2. The second-order valence-electron chi connectivity index (χ2n) is 3.07. The molecule has 1 aromatic rings. The Morgan fingerprint density at radius 3 is 2.53 bits per heavy atom. The van der Waals surface area contributed by atoms with E-state index in [0.29, 0.717) is 21.4 Å². The van der Waals surface area contributed by atoms with E-state index in [1.807, 2.05) is 0 Å². The SMILES string of the molecule is CN(CC(=O)O)c1cc(Cl)c(Cl)cc1N. The summed E-state index contributed by atoms with van der Waals surface area (Å²) in [5.74, 6) is -0.942. The molecule has 0 amide bonds. The minimum atomic E-state index is -0.942. The van der Waals surface area contributed by atoms with Gasteiger partial charge in [0.1, 0.15) is 6.54 Å². The number of halogens is 2. The number of nitrogen functional groups attached to an aromatic ring is 1. The molecule has 0 radical (unpaired) electrons. The predicted molar refractivity (Wildman–Crippen MR) is 61.8 cm³/mol. The van der Waals surface area contributed by atoms with Crippen LogP contribution in [0.25, 0.3) is 0 Å². The Hall–Kier alpha value is -1.13. The largest absolute Gasteiger partial charge is 0.480 e. The molecule has 1 aromatic carbocycles. The third-order valence-electron chi connectivity index (χ3n) is 1.85. The van der Waals surface area contributed by atoms with Crippen LogP contribution in [-0.2, 0) is 4.79 Å². The summed E-state index contributed by atoms with van der Waals surface area (Å²) in [5.41, 5.74) is 6.63. The van der Waals surface area contributed by atoms with E-state index in [2.05, 4.69) is 0 Å². The van der Waals surface area contributed by atoms with Crippen molar-refractivity contribution < 1.29 is 9.90 Å². The van der Waals surface area contributed by atoms with Crippen molar-refractivity contribution in [3.8, 4) is 0 Å². The Kier molecular flexibility index (Phi) is 3.66. The molecule has 0 aliphatic carbocycles. The van der Waals surface area contributed by atoms with Gasteiger partial charge in [-0.25, -0.2) is 0 Å². The van der Waals surface area contributed by atoms with E-state index in [9.17, 15) is 4.79 Å². The number of rotatable bonds is 3. The first kappa shape index (κ1) is 11.9. The number of likely N-dealkylation sites (N-methyl/N-ethyl adjacent to an activating group) is 1. The Morgan fingerprint density at radius 1 is 1.47 bits per heavy atom. The molecule has 0 unspecified atom stereocenters. The maximum Gasteiger partial charge on any atom is 0.323 e. The summed E-state index contributed by atoms with van der Waals surface area (Å²) in [4.78, 5) is 12.0. The zero-order valence-corrected chi connectivity index (χ0v) is 9.51. The van der Waals surface area contributed by atoms with Crippen molar-refractivity contribution in [3.05, 3.63) is 22.2 Å². The first-order chi connectivity index (χ1) is 6.91. The van der Waals surface area contributed by atoms with E-state index in [1.165, 1.54) is 11.0 Å². The molecule has 4 nitrogen and oxygen atoms in total. The number of hydrogen-bond donors (Lipinski definition) is 2. The molecule has 1 rings (SSSR count). The zero-order chi connectivity index (χ0) is 11.6. The van der Waals surface area contributed by atoms with E-state index in [1.54, 1.807) is 13.1 Å². The summed E-state index contributed by atoms with van der Waals surface area (Å²) in [6, 6.07) is 3.04. The Morgan fingerprint density at radius 2 is 2.00 bits per heavy atom. The van der Waals surface area contributed by atoms with Gasteiger partial charge in [-0.2, -0.15) is 0 Å². The molecule has 0 saturated carbocycles. The number of benzene rings is 1. The molecule has 82 valence electrons. The maximum absolute atomic E-state index is 10.5. The normalized spacial score (nSPS) is 10.1. The van der Waals surface area contributed by atoms with Crippen molar-refractivity contribution in [1.29, 1.82) is 0 Å². The Bertz CT molecular complexity index is 396. The van der Waals surface area contributed by atoms with Crippen LogP contribution in [0, 0.1) is 0 Å². The highest BCUT2D eigenvalue weighted by Gasteiger charge is 2.11. The number of nitrogens with two attached hydrogens (primary N) is 1. The van der Waals surface area contributed by atoms with E-state index in [0.717, 1.165) is 0 Å². The number of carboxylic acid groups (broad SMARTS) is 1. The van der Waals surface area contributed by atoms with Crippen LogP contribution < -0.4 is 10.6 Å². The van der Waals surface area contributed by atoms with Crippen LogP contribution >= 0.6 is 23.2 Å². The van der Waals surface area contributed by atoms with Crippen molar-refractivity contribution >= 4 is 40.5 Å². The van der Waals surface area contributed by atoms with Crippen LogP contribution in [0.1, 0.15) is 0 Å². The van der Waals surface area contributed by atoms with Crippen molar-refractivity contribution in [2.45, 2.75) is 0 Å². The summed E-state index contributed by atoms with van der Waals surface area (Å²) in [5, 5.41) is 9.31. The highest BCUT2D eigenvalue weighted by molar-refractivity contribution is 6.42. The van der Waals surface area contributed by atoms with Crippen LogP contribution in [0.5, 0.6) is 0 Å². The molecule has 0 bridgehead atoms. The topological polar surface area (TPSA) is 66.6 Å². The number of hydrogen-bond acceptors (Lipinski definition) is 3. The lowest BCUT2D eigenvalue weighted by atomic mass is 10.2. The van der Waals surface area contributed by atoms with Gasteiger partial charge in [-0.3, -0.25) is 4.79 Å². The van der Waals surface area contributed by atoms with Gasteiger partial charge in [0.05, 0.1) is 21.4 Å². The smallest absolute Gasteiger partial charge is 0.323 e. The van der Waals surface area contributed by atoms with E-state index >= 15 is 0 Å². The quantitative estimate of drug-likeness (QED) is 0.805. The predicted octanol–water partition coefficient (Wildman–Crippen LogP) is 2.10. The Labute approximate surface area is 97.2 Å². The molecule has 0 spiro atoms. The summed E-state index contributed by atoms with van der Waals surface area (Å²) in [6.45, 7) is -0.151. The monoisotopic (exact) mass is 248 g/mol. The third-order valence-corrected chi connectivity index (χ3v) is 2.58. The highest BCUT2D eigenvalue weighted by atomic mass is 35.5. The molecule has 0 atom stereocenters. The van der Waals surface area contributed by atoms with Crippen molar-refractivity contribution in [2.24, 2.45) is 0 Å². The number of nitrogens with zero attached hydrogens (tertiary/aromatic N) is 1. The van der Waals surface area contributed by atoms with Crippen LogP contribution in [0.2, 0.25) is 10.0 Å². The van der Waals surface area contributed by atoms with Crippen LogP contribution in [0.4, 0.5) is 11.4 Å². The van der Waals surface area contributed by atoms with Gasteiger partial charge < -0.3 is 15.7 Å². The van der Waals surface area contributed by atoms with Crippen LogP contribution in [-0.4, -0.2) is 24.7 Å². The van der Waals surface area contributed by atoms with Crippen molar-refractivity contribution in [2.75, 3.05) is 24.2 Å². The molecule has 0 saturated heterocycles. The van der Waals surface area contributed by atoms with Crippen molar-refractivity contribution in [1.82, 2.24) is 0 Å². The van der Waals surface area contributed by atoms with Gasteiger partial charge in [-0.05, 0) is 12.1 Å². The van der Waals surface area contributed by atoms with Gasteiger partial charge in [0.2, 0.25) is 0 Å². The lowest BCUT2D eigenvalue weighted by Gasteiger charge is -2.19. The summed E-state index contributed by atoms with van der Waals surface area (Å²) >= 11 is 11.6. The van der Waals surface area contributed by atoms with Crippen LogP contribution in [0.3, 0.4) is 0 Å². The lowest BCUT2D eigenvalue weighted by Crippen LogP contribution is -2.25. The summed E-state index contributed by atoms with van der Waals surface area (Å²) in [6.07, 6.45) is 0. The molecule has 0 aliphatic rings. The van der Waals surface area contributed by atoms with E-state index in [4.69, 9.17) is 34.0 Å². The number of carbonyl (C=O) groups is 1. The molecule has 0 heterocycles. The molecule has 0 fully saturated rings. The minimum absolute atomic E-state index is 0.151. The fraction of sp³-hybridized carbons (Fsp3) is 0.222. The number of aliphatic carboxylic acids is 1. The molecular formula is C9H10Cl2N2O2. The molecule has 0 aliphatic heterocycles. The van der Waals surface area contributed by atoms with Gasteiger partial charge in [-0.1, -0.05) is 23.2 Å². The van der Waals surface area contributed by atoms with Gasteiger partial charge >= 0.3 is 5.97 Å². The fourth-order valence-electron chi connectivity index (χ4n) is 1.17. The fourth-order valence-corrected chi connectivity index (χ4v) is 1.50. The minimum Gasteiger partial charge on any atom is -0.480 e. The lowest BCUT2D eigenvalue weighted by molar-refractivity contribution is -0.135. The highest BCUT2D eigenvalue weighted by Crippen LogP contribution is 2.32. The van der Waals surface area contributed by atoms with Gasteiger partial charge in [0.15, 0.2) is 0 Å². The standard InChI is InChI=1S/C9H10Cl2N2O2/c1-13(4-9(14)15)8-3-6(11)5(10)2-7(8)12/h2-3H,4,12H2,1H3,(H,14,15). The molecule has 6 heteroatoms. The Balaban J connectivity index is 3.03. The van der Waals surface area contributed by atoms with E-state index < -0.39 is 5.97 Å². The third kappa shape index (κ3) is 2.91. The van der Waals surface area contributed by atoms with Crippen LogP contribution in [0.15, 0.2) is 12.1 Å². The molecule has 15 heavy (non-hydrogen) atoms. The van der Waals surface area contributed by atoms with Gasteiger partial charge in [0.25, 0.3) is 0 Å². The molecule has 3 N–H and O–H groups in total. The second kappa shape index (κ2) is 4.59. The molecule has 0 aromatic heterocycles. The maximum atomic E-state index is 10.5. The first-order valence-corrected chi connectivity index (χ1v) is 4.85. The summed E-state index contributed by atoms with van der Waals surface area (Å²) in [7, 11) is 1.62. The summed E-state index contributed by atoms with van der Waals surface area (Å²) < 4.78 is 0. The van der Waals surface area contributed by atoms with E-state index in [-0.39, 0.29) is 6.54 Å². The zero-order valence-electron chi connectivity index (χ0n) is 8.00.